The summed E-state index contributed by atoms with van der Waals surface area (Å²) in [7, 11) is 3.43. The maximum atomic E-state index is 14.8. The number of aromatic nitrogens is 1. The van der Waals surface area contributed by atoms with E-state index >= 15 is 0 Å². The molecule has 3 N–H and O–H groups in total. The van der Waals surface area contributed by atoms with Gasteiger partial charge in [0.05, 0.1) is 16.9 Å². The number of hydrogen-bond acceptors (Lipinski definition) is 7. The molecule has 0 saturated heterocycles. The molecule has 0 spiro atoms. The summed E-state index contributed by atoms with van der Waals surface area (Å²) in [6.45, 7) is 3.38. The molecule has 0 radical (unpaired) electrons. The molecule has 3 aromatic rings. The van der Waals surface area contributed by atoms with E-state index in [1.54, 1.807) is 38.1 Å². The highest BCUT2D eigenvalue weighted by atomic mass is 35.5. The first-order chi connectivity index (χ1) is 18.6. The van der Waals surface area contributed by atoms with E-state index in [0.717, 1.165) is 31.2 Å². The highest BCUT2D eigenvalue weighted by molar-refractivity contribution is 7.98. The van der Waals surface area contributed by atoms with Gasteiger partial charge >= 0.3 is 0 Å². The summed E-state index contributed by atoms with van der Waals surface area (Å²) in [5.74, 6) is -0.450. The van der Waals surface area contributed by atoms with E-state index in [1.165, 1.54) is 29.8 Å². The fourth-order valence-electron chi connectivity index (χ4n) is 4.07. The second-order valence-electron chi connectivity index (χ2n) is 10.1. The number of ether oxygens (including phenoxy) is 1. The molecule has 0 atom stereocenters. The van der Waals surface area contributed by atoms with Crippen molar-refractivity contribution in [3.63, 3.8) is 0 Å². The second-order valence-corrected chi connectivity index (χ2v) is 11.4. The molecule has 39 heavy (non-hydrogen) atoms. The molecule has 1 heterocycles. The molecule has 0 unspecified atom stereocenters. The minimum atomic E-state index is -0.505. The number of aryl methyl sites for hydroxylation is 1. The first kappa shape index (κ1) is 27.4. The van der Waals surface area contributed by atoms with Crippen LogP contribution in [0.25, 0.3) is 0 Å². The summed E-state index contributed by atoms with van der Waals surface area (Å²) >= 11 is 8.23. The lowest BCUT2D eigenvalue weighted by atomic mass is 10.1. The zero-order chi connectivity index (χ0) is 27.8. The highest BCUT2D eigenvalue weighted by Gasteiger charge is 2.31. The molecule has 2 aliphatic rings. The first-order valence-corrected chi connectivity index (χ1v) is 14.0. The Morgan fingerprint density at radius 1 is 1.15 bits per heavy atom. The number of nitrogens with one attached hydrogen (secondary N) is 3. The summed E-state index contributed by atoms with van der Waals surface area (Å²) in [5, 5.41) is 6.28. The predicted molar refractivity (Wildman–Crippen MR) is 155 cm³/mol. The molecule has 2 saturated carbocycles. The third-order valence-corrected chi connectivity index (χ3v) is 8.00. The standard InChI is InChI=1S/C28H31ClFN5O3S/c1-15-8-13-20(19(30)14-15)32-26-23(27(36)31-17-9-10-17)25(16(2)28(37)34(26)3)38-22-7-5-6-21(24(22)29)35(4)39-33-18-11-12-18/h5-8,13-14,17-18,32-33H,9-12H2,1-4H3,(H,31,36). The van der Waals surface area contributed by atoms with Crippen molar-refractivity contribution in [1.29, 1.82) is 0 Å². The number of anilines is 3. The van der Waals surface area contributed by atoms with E-state index in [4.69, 9.17) is 16.3 Å². The number of hydrogen-bond donors (Lipinski definition) is 3. The number of carbonyl (C=O) groups excluding carboxylic acids is 1. The van der Waals surface area contributed by atoms with Gasteiger partial charge in [-0.25, -0.2) is 9.11 Å². The molecule has 2 fully saturated rings. The van der Waals surface area contributed by atoms with Crippen LogP contribution in [0.4, 0.5) is 21.6 Å². The number of halogens is 2. The lowest BCUT2D eigenvalue weighted by molar-refractivity contribution is 0.0948. The molecule has 2 aromatic carbocycles. The van der Waals surface area contributed by atoms with Crippen LogP contribution in [-0.2, 0) is 7.05 Å². The van der Waals surface area contributed by atoms with Crippen LogP contribution >= 0.6 is 23.7 Å². The Balaban J connectivity index is 1.58. The largest absolute Gasteiger partial charge is 0.454 e. The van der Waals surface area contributed by atoms with Gasteiger partial charge < -0.3 is 19.7 Å². The van der Waals surface area contributed by atoms with Crippen LogP contribution in [0.15, 0.2) is 41.2 Å². The molecule has 0 bridgehead atoms. The van der Waals surface area contributed by atoms with Crippen molar-refractivity contribution in [2.75, 3.05) is 16.7 Å². The topological polar surface area (TPSA) is 87.6 Å². The second kappa shape index (κ2) is 11.1. The van der Waals surface area contributed by atoms with Gasteiger partial charge in [0, 0.05) is 38.3 Å². The Bertz CT molecular complexity index is 1490. The van der Waals surface area contributed by atoms with Crippen molar-refractivity contribution >= 4 is 46.8 Å². The summed E-state index contributed by atoms with van der Waals surface area (Å²) in [4.78, 5) is 26.9. The van der Waals surface area contributed by atoms with E-state index in [9.17, 15) is 14.0 Å². The first-order valence-electron chi connectivity index (χ1n) is 12.8. The fourth-order valence-corrected chi connectivity index (χ4v) is 5.20. The fraction of sp³-hybridized carbons (Fsp3) is 0.357. The molecule has 5 rings (SSSR count). The molecule has 1 aromatic heterocycles. The molecular weight excluding hydrogens is 541 g/mol. The van der Waals surface area contributed by atoms with Gasteiger partial charge in [-0.1, -0.05) is 23.7 Å². The van der Waals surface area contributed by atoms with Crippen molar-refractivity contribution in [3.8, 4) is 11.5 Å². The van der Waals surface area contributed by atoms with Crippen LogP contribution in [0, 0.1) is 19.7 Å². The van der Waals surface area contributed by atoms with Crippen LogP contribution in [0.2, 0.25) is 5.02 Å². The smallest absolute Gasteiger partial charge is 0.259 e. The number of carbonyl (C=O) groups is 1. The van der Waals surface area contributed by atoms with Gasteiger partial charge in [-0.15, -0.1) is 0 Å². The van der Waals surface area contributed by atoms with Gasteiger partial charge in [-0.05, 0) is 69.4 Å². The minimum Gasteiger partial charge on any atom is -0.454 e. The van der Waals surface area contributed by atoms with E-state index in [1.807, 2.05) is 17.4 Å². The zero-order valence-corrected chi connectivity index (χ0v) is 23.8. The zero-order valence-electron chi connectivity index (χ0n) is 22.2. The third-order valence-electron chi connectivity index (χ3n) is 6.71. The minimum absolute atomic E-state index is 0.0448. The van der Waals surface area contributed by atoms with Crippen LogP contribution in [0.1, 0.15) is 47.2 Å². The average Bonchev–Trinajstić information content (AvgIpc) is 3.83. The Morgan fingerprint density at radius 2 is 1.87 bits per heavy atom. The number of pyridine rings is 1. The monoisotopic (exact) mass is 571 g/mol. The molecular formula is C28H31ClFN5O3S. The maximum Gasteiger partial charge on any atom is 0.259 e. The normalized spacial score (nSPS) is 14.7. The van der Waals surface area contributed by atoms with E-state index < -0.39 is 17.3 Å². The summed E-state index contributed by atoms with van der Waals surface area (Å²) in [5.41, 5.74) is 1.52. The van der Waals surface area contributed by atoms with Crippen molar-refractivity contribution in [2.45, 2.75) is 51.6 Å². The van der Waals surface area contributed by atoms with Crippen LogP contribution in [0.3, 0.4) is 0 Å². The van der Waals surface area contributed by atoms with Gasteiger partial charge in [0.15, 0.2) is 5.75 Å². The van der Waals surface area contributed by atoms with Crippen molar-refractivity contribution in [1.82, 2.24) is 14.6 Å². The number of amides is 1. The molecule has 0 aliphatic heterocycles. The average molecular weight is 572 g/mol. The van der Waals surface area contributed by atoms with Crippen LogP contribution in [0.5, 0.6) is 11.5 Å². The SMILES string of the molecule is Cc1ccc(Nc2c(C(=O)NC3CC3)c(Oc3cccc(N(C)SNC4CC4)c3Cl)c(C)c(=O)n2C)c(F)c1. The van der Waals surface area contributed by atoms with Crippen molar-refractivity contribution in [3.05, 3.63) is 74.3 Å². The summed E-state index contributed by atoms with van der Waals surface area (Å²) in [6.07, 6.45) is 4.03. The number of benzene rings is 2. The van der Waals surface area contributed by atoms with Crippen LogP contribution in [-0.4, -0.2) is 29.6 Å². The summed E-state index contributed by atoms with van der Waals surface area (Å²) in [6, 6.07) is 10.6. The van der Waals surface area contributed by atoms with Crippen molar-refractivity contribution in [2.24, 2.45) is 7.05 Å². The lowest BCUT2D eigenvalue weighted by Gasteiger charge is -2.23. The maximum absolute atomic E-state index is 14.8. The van der Waals surface area contributed by atoms with Gasteiger partial charge in [0.25, 0.3) is 11.5 Å². The van der Waals surface area contributed by atoms with Crippen molar-refractivity contribution < 1.29 is 13.9 Å². The van der Waals surface area contributed by atoms with Gasteiger partial charge in [0.2, 0.25) is 0 Å². The van der Waals surface area contributed by atoms with E-state index in [-0.39, 0.29) is 40.2 Å². The Labute approximate surface area is 236 Å². The molecule has 8 nitrogen and oxygen atoms in total. The summed E-state index contributed by atoms with van der Waals surface area (Å²) < 4.78 is 27.7. The van der Waals surface area contributed by atoms with Gasteiger partial charge in [-0.3, -0.25) is 14.2 Å². The van der Waals surface area contributed by atoms with E-state index in [2.05, 4.69) is 15.4 Å². The molecule has 11 heteroatoms. The molecule has 206 valence electrons. The van der Waals surface area contributed by atoms with Gasteiger partial charge in [0.1, 0.15) is 28.0 Å². The quantitative estimate of drug-likeness (QED) is 0.258. The van der Waals surface area contributed by atoms with E-state index in [0.29, 0.717) is 16.8 Å². The predicted octanol–water partition coefficient (Wildman–Crippen LogP) is 5.97. The highest BCUT2D eigenvalue weighted by Crippen LogP contribution is 2.41. The molecule has 2 aliphatic carbocycles. The lowest BCUT2D eigenvalue weighted by Crippen LogP contribution is -2.31. The van der Waals surface area contributed by atoms with Crippen LogP contribution < -0.4 is 30.0 Å². The number of rotatable bonds is 10. The Morgan fingerprint density at radius 3 is 2.54 bits per heavy atom. The third kappa shape index (κ3) is 6.03. The Kier molecular flexibility index (Phi) is 7.80. The Hall–Kier alpha value is -3.21. The van der Waals surface area contributed by atoms with Gasteiger partial charge in [-0.2, -0.15) is 0 Å². The molecule has 1 amide bonds. The number of nitrogens with zero attached hydrogens (tertiary/aromatic N) is 2.